The van der Waals surface area contributed by atoms with Gasteiger partial charge < -0.3 is 16.0 Å². The first-order valence-electron chi connectivity index (χ1n) is 8.93. The van der Waals surface area contributed by atoms with Crippen molar-refractivity contribution in [3.8, 4) is 0 Å². The molecule has 5 heteroatoms. The largest absolute Gasteiger partial charge is 0.342 e. The van der Waals surface area contributed by atoms with Crippen LogP contribution >= 0.6 is 0 Å². The topological polar surface area (TPSA) is 75.4 Å². The first kappa shape index (κ1) is 18.1. The van der Waals surface area contributed by atoms with Crippen LogP contribution in [0.15, 0.2) is 54.6 Å². The lowest BCUT2D eigenvalue weighted by atomic mass is 9.91. The van der Waals surface area contributed by atoms with Crippen LogP contribution in [0, 0.1) is 6.92 Å². The molecule has 2 amide bonds. The van der Waals surface area contributed by atoms with Crippen LogP contribution in [0.2, 0.25) is 0 Å². The number of hydrogen-bond donors (Lipinski definition) is 2. The summed E-state index contributed by atoms with van der Waals surface area (Å²) in [5.74, 6) is -0.426. The van der Waals surface area contributed by atoms with Crippen LogP contribution in [0.3, 0.4) is 0 Å². The van der Waals surface area contributed by atoms with Gasteiger partial charge in [0.25, 0.3) is 0 Å². The van der Waals surface area contributed by atoms with E-state index in [0.717, 1.165) is 23.2 Å². The summed E-state index contributed by atoms with van der Waals surface area (Å²) in [5, 5.41) is 2.86. The molecule has 0 spiro atoms. The number of benzene rings is 2. The Bertz CT molecular complexity index is 785. The number of rotatable bonds is 4. The zero-order valence-electron chi connectivity index (χ0n) is 15.2. The molecule has 0 saturated carbocycles. The van der Waals surface area contributed by atoms with Crippen LogP contribution < -0.4 is 16.0 Å². The molecule has 1 aliphatic heterocycles. The quantitative estimate of drug-likeness (QED) is 0.888. The highest BCUT2D eigenvalue weighted by Gasteiger charge is 2.36. The van der Waals surface area contributed by atoms with Crippen LogP contribution in [0.4, 0.5) is 5.69 Å². The molecular weight excluding hydrogens is 326 g/mol. The minimum absolute atomic E-state index is 0.0858. The van der Waals surface area contributed by atoms with Crippen molar-refractivity contribution in [1.82, 2.24) is 5.32 Å². The number of carbonyl (C=O) groups excluding carboxylic acids is 2. The molecule has 1 fully saturated rings. The Morgan fingerprint density at radius 3 is 2.46 bits per heavy atom. The summed E-state index contributed by atoms with van der Waals surface area (Å²) in [6.07, 6.45) is 1.45. The van der Waals surface area contributed by atoms with Gasteiger partial charge in [0.2, 0.25) is 11.8 Å². The second-order valence-corrected chi connectivity index (χ2v) is 7.06. The van der Waals surface area contributed by atoms with Gasteiger partial charge in [0.15, 0.2) is 0 Å². The zero-order valence-corrected chi connectivity index (χ0v) is 15.2. The van der Waals surface area contributed by atoms with Gasteiger partial charge in [-0.25, -0.2) is 0 Å². The lowest BCUT2D eigenvalue weighted by Crippen LogP contribution is -2.58. The highest BCUT2D eigenvalue weighted by Crippen LogP contribution is 2.23. The molecule has 2 aromatic carbocycles. The second-order valence-electron chi connectivity index (χ2n) is 7.06. The molecule has 0 bridgehead atoms. The Kier molecular flexibility index (Phi) is 5.09. The maximum atomic E-state index is 12.9. The fourth-order valence-corrected chi connectivity index (χ4v) is 3.21. The van der Waals surface area contributed by atoms with Crippen LogP contribution in [-0.4, -0.2) is 24.4 Å². The Morgan fingerprint density at radius 2 is 1.81 bits per heavy atom. The average Bonchev–Trinajstić information content (AvgIpc) is 2.65. The molecule has 1 heterocycles. The molecule has 3 N–H and O–H groups in total. The number of piperidine rings is 1. The van der Waals surface area contributed by atoms with Crippen molar-refractivity contribution in [2.45, 2.75) is 38.3 Å². The van der Waals surface area contributed by atoms with Gasteiger partial charge >= 0.3 is 0 Å². The summed E-state index contributed by atoms with van der Waals surface area (Å²) in [4.78, 5) is 27.4. The summed E-state index contributed by atoms with van der Waals surface area (Å²) in [6, 6.07) is 16.5. The van der Waals surface area contributed by atoms with Gasteiger partial charge in [0, 0.05) is 12.2 Å². The maximum Gasteiger partial charge on any atom is 0.249 e. The molecule has 136 valence electrons. The lowest BCUT2D eigenvalue weighted by Gasteiger charge is -2.34. The Morgan fingerprint density at radius 1 is 1.15 bits per heavy atom. The van der Waals surface area contributed by atoms with E-state index in [-0.39, 0.29) is 11.8 Å². The summed E-state index contributed by atoms with van der Waals surface area (Å²) in [6.45, 7) is 4.34. The lowest BCUT2D eigenvalue weighted by molar-refractivity contribution is -0.131. The molecule has 0 aliphatic carbocycles. The van der Waals surface area contributed by atoms with Crippen molar-refractivity contribution in [3.05, 3.63) is 65.7 Å². The number of amides is 2. The number of aryl methyl sites for hydroxylation is 1. The molecular formula is C21H25N3O2. The molecule has 1 aliphatic rings. The van der Waals surface area contributed by atoms with E-state index < -0.39 is 11.6 Å². The highest BCUT2D eigenvalue weighted by molar-refractivity contribution is 6.01. The standard InChI is InChI=1S/C21H25N3O2/c1-15-10-12-17(13-11-15)24-14-6-9-18(19(24)25)23-20(26)21(2,22)16-7-4-3-5-8-16/h3-5,7-8,10-13,18H,6,9,14,22H2,1-2H3,(H,23,26). The molecule has 1 saturated heterocycles. The third-order valence-electron chi connectivity index (χ3n) is 4.93. The van der Waals surface area contributed by atoms with Gasteiger partial charge in [-0.2, -0.15) is 0 Å². The summed E-state index contributed by atoms with van der Waals surface area (Å²) >= 11 is 0. The molecule has 2 atom stereocenters. The Hall–Kier alpha value is -2.66. The SMILES string of the molecule is Cc1ccc(N2CCCC(NC(=O)C(C)(N)c3ccccc3)C2=O)cc1. The first-order chi connectivity index (χ1) is 12.4. The average molecular weight is 351 g/mol. The summed E-state index contributed by atoms with van der Waals surface area (Å²) in [5.41, 5.74) is 7.80. The van der Waals surface area contributed by atoms with E-state index in [9.17, 15) is 9.59 Å². The van der Waals surface area contributed by atoms with E-state index in [1.54, 1.807) is 11.8 Å². The zero-order chi connectivity index (χ0) is 18.7. The highest BCUT2D eigenvalue weighted by atomic mass is 16.2. The fraction of sp³-hybridized carbons (Fsp3) is 0.333. The fourth-order valence-electron chi connectivity index (χ4n) is 3.21. The summed E-state index contributed by atoms with van der Waals surface area (Å²) < 4.78 is 0. The molecule has 26 heavy (non-hydrogen) atoms. The molecule has 2 aromatic rings. The van der Waals surface area contributed by atoms with Crippen molar-refractivity contribution in [3.63, 3.8) is 0 Å². The van der Waals surface area contributed by atoms with Gasteiger partial charge in [-0.3, -0.25) is 9.59 Å². The van der Waals surface area contributed by atoms with Crippen molar-refractivity contribution in [2.24, 2.45) is 5.73 Å². The van der Waals surface area contributed by atoms with Crippen LogP contribution in [-0.2, 0) is 15.1 Å². The predicted molar refractivity (Wildman–Crippen MR) is 103 cm³/mol. The number of nitrogens with zero attached hydrogens (tertiary/aromatic N) is 1. The molecule has 3 rings (SSSR count). The molecule has 5 nitrogen and oxygen atoms in total. The number of nitrogens with one attached hydrogen (secondary N) is 1. The second kappa shape index (κ2) is 7.30. The molecule has 0 radical (unpaired) electrons. The van der Waals surface area contributed by atoms with E-state index in [4.69, 9.17) is 5.73 Å². The Balaban J connectivity index is 1.74. The predicted octanol–water partition coefficient (Wildman–Crippen LogP) is 2.48. The maximum absolute atomic E-state index is 12.9. The van der Waals surface area contributed by atoms with Crippen LogP contribution in [0.1, 0.15) is 30.9 Å². The minimum atomic E-state index is -1.19. The number of hydrogen-bond acceptors (Lipinski definition) is 3. The van der Waals surface area contributed by atoms with Crippen LogP contribution in [0.25, 0.3) is 0 Å². The molecule has 0 aromatic heterocycles. The van der Waals surface area contributed by atoms with Gasteiger partial charge in [0.05, 0.1) is 0 Å². The van der Waals surface area contributed by atoms with Gasteiger partial charge in [-0.05, 0) is 44.4 Å². The monoisotopic (exact) mass is 351 g/mol. The first-order valence-corrected chi connectivity index (χ1v) is 8.93. The van der Waals surface area contributed by atoms with Crippen molar-refractivity contribution < 1.29 is 9.59 Å². The Labute approximate surface area is 154 Å². The number of anilines is 1. The normalized spacial score (nSPS) is 19.7. The third kappa shape index (κ3) is 3.63. The number of nitrogens with two attached hydrogens (primary N) is 1. The van der Waals surface area contributed by atoms with E-state index in [1.807, 2.05) is 61.5 Å². The summed E-state index contributed by atoms with van der Waals surface area (Å²) in [7, 11) is 0. The van der Waals surface area contributed by atoms with Gasteiger partial charge in [-0.1, -0.05) is 48.0 Å². The van der Waals surface area contributed by atoms with E-state index >= 15 is 0 Å². The molecule has 2 unspecified atom stereocenters. The smallest absolute Gasteiger partial charge is 0.249 e. The van der Waals surface area contributed by atoms with Gasteiger partial charge in [-0.15, -0.1) is 0 Å². The van der Waals surface area contributed by atoms with Crippen LogP contribution in [0.5, 0.6) is 0 Å². The minimum Gasteiger partial charge on any atom is -0.342 e. The number of carbonyl (C=O) groups is 2. The van der Waals surface area contributed by atoms with Crippen molar-refractivity contribution >= 4 is 17.5 Å². The van der Waals surface area contributed by atoms with Gasteiger partial charge in [0.1, 0.15) is 11.6 Å². The van der Waals surface area contributed by atoms with E-state index in [1.165, 1.54) is 0 Å². The van der Waals surface area contributed by atoms with E-state index in [2.05, 4.69) is 5.32 Å². The van der Waals surface area contributed by atoms with E-state index in [0.29, 0.717) is 13.0 Å². The van der Waals surface area contributed by atoms with Crippen molar-refractivity contribution in [1.29, 1.82) is 0 Å². The third-order valence-corrected chi connectivity index (χ3v) is 4.93. The van der Waals surface area contributed by atoms with Crippen molar-refractivity contribution in [2.75, 3.05) is 11.4 Å².